The fraction of sp³-hybridized carbons (Fsp3) is 0.765. The number of hydrogen-bond acceptors (Lipinski definition) is 3. The SMILES string of the molecule is CC1CCC(N(C)Cc2ccc(CNC3CC3)s2)CC1. The van der Waals surface area contributed by atoms with E-state index in [0.29, 0.717) is 0 Å². The van der Waals surface area contributed by atoms with Gasteiger partial charge in [0.1, 0.15) is 0 Å². The fourth-order valence-corrected chi connectivity index (χ4v) is 4.23. The summed E-state index contributed by atoms with van der Waals surface area (Å²) in [6.07, 6.45) is 8.35. The van der Waals surface area contributed by atoms with Gasteiger partial charge < -0.3 is 5.32 Å². The minimum Gasteiger partial charge on any atom is -0.309 e. The molecule has 1 aromatic heterocycles. The molecule has 1 N–H and O–H groups in total. The highest BCUT2D eigenvalue weighted by Gasteiger charge is 2.22. The number of thiophene rings is 1. The lowest BCUT2D eigenvalue weighted by atomic mass is 9.87. The van der Waals surface area contributed by atoms with Crippen molar-refractivity contribution < 1.29 is 0 Å². The van der Waals surface area contributed by atoms with E-state index in [2.05, 4.69) is 36.3 Å². The average molecular weight is 292 g/mol. The molecule has 0 unspecified atom stereocenters. The zero-order chi connectivity index (χ0) is 13.9. The zero-order valence-electron chi connectivity index (χ0n) is 12.9. The lowest BCUT2D eigenvalue weighted by Gasteiger charge is -2.33. The molecule has 0 aromatic carbocycles. The van der Waals surface area contributed by atoms with E-state index >= 15 is 0 Å². The van der Waals surface area contributed by atoms with Gasteiger partial charge in [0, 0.05) is 34.9 Å². The Kier molecular flexibility index (Phi) is 4.79. The lowest BCUT2D eigenvalue weighted by Crippen LogP contribution is -2.34. The summed E-state index contributed by atoms with van der Waals surface area (Å²) in [6.45, 7) is 4.60. The molecule has 0 atom stereocenters. The predicted octanol–water partition coefficient (Wildman–Crippen LogP) is 4.01. The van der Waals surface area contributed by atoms with E-state index in [4.69, 9.17) is 0 Å². The number of hydrogen-bond donors (Lipinski definition) is 1. The van der Waals surface area contributed by atoms with Crippen molar-refractivity contribution in [2.75, 3.05) is 7.05 Å². The summed E-state index contributed by atoms with van der Waals surface area (Å²) in [4.78, 5) is 5.60. The summed E-state index contributed by atoms with van der Waals surface area (Å²) in [5.74, 6) is 0.946. The minimum absolute atomic E-state index is 0.807. The molecule has 3 rings (SSSR count). The summed E-state index contributed by atoms with van der Waals surface area (Å²) in [6, 6.07) is 6.26. The van der Waals surface area contributed by atoms with Crippen molar-refractivity contribution in [1.82, 2.24) is 10.2 Å². The van der Waals surface area contributed by atoms with Crippen LogP contribution >= 0.6 is 11.3 Å². The van der Waals surface area contributed by atoms with Gasteiger partial charge in [-0.25, -0.2) is 0 Å². The maximum Gasteiger partial charge on any atom is 0.0327 e. The van der Waals surface area contributed by atoms with Gasteiger partial charge in [-0.2, -0.15) is 0 Å². The molecule has 0 amide bonds. The molecule has 112 valence electrons. The van der Waals surface area contributed by atoms with E-state index in [1.165, 1.54) is 48.3 Å². The van der Waals surface area contributed by atoms with Crippen molar-refractivity contribution in [2.45, 2.75) is 70.6 Å². The molecule has 0 radical (unpaired) electrons. The smallest absolute Gasteiger partial charge is 0.0327 e. The monoisotopic (exact) mass is 292 g/mol. The third-order valence-corrected chi connectivity index (χ3v) is 5.94. The first-order valence-electron chi connectivity index (χ1n) is 8.22. The van der Waals surface area contributed by atoms with Crippen LogP contribution in [-0.4, -0.2) is 24.0 Å². The Balaban J connectivity index is 1.46. The Morgan fingerprint density at radius 2 is 1.80 bits per heavy atom. The maximum atomic E-state index is 3.60. The average Bonchev–Trinajstić information content (AvgIpc) is 3.17. The molecule has 0 bridgehead atoms. The molecular weight excluding hydrogens is 264 g/mol. The van der Waals surface area contributed by atoms with E-state index in [1.807, 2.05) is 11.3 Å². The van der Waals surface area contributed by atoms with Crippen LogP contribution in [-0.2, 0) is 13.1 Å². The summed E-state index contributed by atoms with van der Waals surface area (Å²) in [5, 5.41) is 3.60. The lowest BCUT2D eigenvalue weighted by molar-refractivity contribution is 0.165. The zero-order valence-corrected chi connectivity index (χ0v) is 13.7. The largest absolute Gasteiger partial charge is 0.309 e. The van der Waals surface area contributed by atoms with E-state index in [-0.39, 0.29) is 0 Å². The Bertz CT molecular complexity index is 416. The molecule has 1 aromatic rings. The molecule has 20 heavy (non-hydrogen) atoms. The predicted molar refractivity (Wildman–Crippen MR) is 87.1 cm³/mol. The first kappa shape index (κ1) is 14.6. The summed E-state index contributed by atoms with van der Waals surface area (Å²) in [5.41, 5.74) is 0. The van der Waals surface area contributed by atoms with E-state index in [0.717, 1.165) is 31.1 Å². The van der Waals surface area contributed by atoms with Crippen molar-refractivity contribution in [1.29, 1.82) is 0 Å². The molecule has 2 fully saturated rings. The van der Waals surface area contributed by atoms with Crippen LogP contribution in [0.3, 0.4) is 0 Å². The fourth-order valence-electron chi connectivity index (χ4n) is 3.19. The van der Waals surface area contributed by atoms with E-state index in [1.54, 1.807) is 0 Å². The molecule has 0 spiro atoms. The maximum absolute atomic E-state index is 3.60. The Morgan fingerprint density at radius 3 is 2.50 bits per heavy atom. The van der Waals surface area contributed by atoms with E-state index in [9.17, 15) is 0 Å². The second-order valence-corrected chi connectivity index (χ2v) is 8.10. The highest BCUT2D eigenvalue weighted by atomic mass is 32.1. The molecule has 2 saturated carbocycles. The van der Waals surface area contributed by atoms with Crippen LogP contribution in [0.15, 0.2) is 12.1 Å². The minimum atomic E-state index is 0.807. The van der Waals surface area contributed by atoms with Crippen molar-refractivity contribution in [2.24, 2.45) is 5.92 Å². The van der Waals surface area contributed by atoms with Crippen molar-refractivity contribution in [3.8, 4) is 0 Å². The third-order valence-electron chi connectivity index (χ3n) is 4.87. The first-order valence-corrected chi connectivity index (χ1v) is 9.03. The molecule has 3 heteroatoms. The van der Waals surface area contributed by atoms with Gasteiger partial charge in [0.05, 0.1) is 0 Å². The molecular formula is C17H28N2S. The Morgan fingerprint density at radius 1 is 1.10 bits per heavy atom. The summed E-state index contributed by atoms with van der Waals surface area (Å²) < 4.78 is 0. The second kappa shape index (κ2) is 6.59. The van der Waals surface area contributed by atoms with Crippen LogP contribution in [0.4, 0.5) is 0 Å². The molecule has 2 nitrogen and oxygen atoms in total. The van der Waals surface area contributed by atoms with E-state index < -0.39 is 0 Å². The van der Waals surface area contributed by atoms with Crippen LogP contribution in [0.25, 0.3) is 0 Å². The van der Waals surface area contributed by atoms with Gasteiger partial charge in [-0.3, -0.25) is 4.90 Å². The molecule has 2 aliphatic rings. The normalized spacial score (nSPS) is 27.1. The van der Waals surface area contributed by atoms with Gasteiger partial charge in [0.25, 0.3) is 0 Å². The van der Waals surface area contributed by atoms with Crippen LogP contribution in [0.5, 0.6) is 0 Å². The van der Waals surface area contributed by atoms with Crippen molar-refractivity contribution in [3.05, 3.63) is 21.9 Å². The van der Waals surface area contributed by atoms with Gasteiger partial charge in [-0.05, 0) is 63.6 Å². The molecule has 0 saturated heterocycles. The van der Waals surface area contributed by atoms with Crippen LogP contribution in [0.1, 0.15) is 55.2 Å². The van der Waals surface area contributed by atoms with Gasteiger partial charge in [0.15, 0.2) is 0 Å². The molecule has 0 aliphatic heterocycles. The third kappa shape index (κ3) is 4.06. The summed E-state index contributed by atoms with van der Waals surface area (Å²) in [7, 11) is 2.31. The van der Waals surface area contributed by atoms with Crippen LogP contribution < -0.4 is 5.32 Å². The Hall–Kier alpha value is -0.380. The standard InChI is InChI=1S/C17H28N2S/c1-13-3-7-15(8-4-13)19(2)12-17-10-9-16(20-17)11-18-14-5-6-14/h9-10,13-15,18H,3-8,11-12H2,1-2H3. The van der Waals surface area contributed by atoms with Crippen LogP contribution in [0.2, 0.25) is 0 Å². The molecule has 1 heterocycles. The quantitative estimate of drug-likeness (QED) is 0.852. The Labute approximate surface area is 127 Å². The van der Waals surface area contributed by atoms with Crippen LogP contribution in [0, 0.1) is 5.92 Å². The molecule has 2 aliphatic carbocycles. The summed E-state index contributed by atoms with van der Waals surface area (Å²) >= 11 is 1.99. The second-order valence-electron chi connectivity index (χ2n) is 6.85. The first-order chi connectivity index (χ1) is 9.70. The van der Waals surface area contributed by atoms with Crippen molar-refractivity contribution >= 4 is 11.3 Å². The number of nitrogens with one attached hydrogen (secondary N) is 1. The highest BCUT2D eigenvalue weighted by molar-refractivity contribution is 7.11. The topological polar surface area (TPSA) is 15.3 Å². The van der Waals surface area contributed by atoms with Gasteiger partial charge >= 0.3 is 0 Å². The number of nitrogens with zero attached hydrogens (tertiary/aromatic N) is 1. The van der Waals surface area contributed by atoms with Gasteiger partial charge in [0.2, 0.25) is 0 Å². The van der Waals surface area contributed by atoms with Gasteiger partial charge in [-0.15, -0.1) is 11.3 Å². The van der Waals surface area contributed by atoms with Crippen molar-refractivity contribution in [3.63, 3.8) is 0 Å². The van der Waals surface area contributed by atoms with Gasteiger partial charge in [-0.1, -0.05) is 6.92 Å². The highest BCUT2D eigenvalue weighted by Crippen LogP contribution is 2.28. The number of rotatable bonds is 6.